The van der Waals surface area contributed by atoms with Crippen LogP contribution in [0.25, 0.3) is 10.9 Å². The average molecular weight is 324 g/mol. The smallest absolute Gasteiger partial charge is 0.124 e. The lowest BCUT2D eigenvalue weighted by molar-refractivity contribution is 0.240. The second-order valence-electron chi connectivity index (χ2n) is 6.29. The van der Waals surface area contributed by atoms with Crippen molar-refractivity contribution in [2.75, 3.05) is 25.0 Å². The molecule has 24 heavy (non-hydrogen) atoms. The zero-order valence-electron chi connectivity index (χ0n) is 13.8. The number of nitriles is 1. The minimum absolute atomic E-state index is 0.271. The highest BCUT2D eigenvalue weighted by Crippen LogP contribution is 2.30. The van der Waals surface area contributed by atoms with Gasteiger partial charge in [0.2, 0.25) is 0 Å². The Balaban J connectivity index is 1.91. The van der Waals surface area contributed by atoms with Crippen molar-refractivity contribution in [3.63, 3.8) is 0 Å². The molecule has 0 atom stereocenters. The molecule has 3 rings (SSSR count). The first kappa shape index (κ1) is 16.4. The maximum Gasteiger partial charge on any atom is 0.124 e. The molecule has 1 saturated heterocycles. The molecule has 1 fully saturated rings. The van der Waals surface area contributed by atoms with Crippen molar-refractivity contribution in [1.82, 2.24) is 9.88 Å². The number of nitrogens with one attached hydrogen (secondary N) is 1. The van der Waals surface area contributed by atoms with Crippen molar-refractivity contribution in [1.29, 1.82) is 5.26 Å². The van der Waals surface area contributed by atoms with E-state index >= 15 is 0 Å². The van der Waals surface area contributed by atoms with Crippen LogP contribution in [-0.2, 0) is 0 Å². The molecule has 2 heterocycles. The van der Waals surface area contributed by atoms with E-state index in [4.69, 9.17) is 0 Å². The molecule has 1 N–H and O–H groups in total. The Kier molecular flexibility index (Phi) is 4.77. The van der Waals surface area contributed by atoms with Crippen LogP contribution in [0.4, 0.5) is 10.1 Å². The van der Waals surface area contributed by atoms with Crippen LogP contribution in [0.15, 0.2) is 31.0 Å². The minimum Gasteiger partial charge on any atom is -0.381 e. The van der Waals surface area contributed by atoms with E-state index in [9.17, 15) is 9.65 Å². The highest BCUT2D eigenvalue weighted by molar-refractivity contribution is 5.95. The summed E-state index contributed by atoms with van der Waals surface area (Å²) in [6, 6.07) is 5.38. The summed E-state index contributed by atoms with van der Waals surface area (Å²) in [4.78, 5) is 6.69. The first-order chi connectivity index (χ1) is 11.6. The van der Waals surface area contributed by atoms with E-state index in [1.54, 1.807) is 6.20 Å². The van der Waals surface area contributed by atoms with E-state index in [1.165, 1.54) is 12.1 Å². The van der Waals surface area contributed by atoms with Gasteiger partial charge in [0.15, 0.2) is 0 Å². The van der Waals surface area contributed by atoms with Crippen molar-refractivity contribution in [2.45, 2.75) is 25.8 Å². The number of pyridine rings is 1. The van der Waals surface area contributed by atoms with Crippen LogP contribution in [0, 0.1) is 24.1 Å². The molecule has 5 heteroatoms. The van der Waals surface area contributed by atoms with Crippen molar-refractivity contribution in [2.24, 2.45) is 0 Å². The fourth-order valence-electron chi connectivity index (χ4n) is 3.32. The Labute approximate surface area is 141 Å². The highest BCUT2D eigenvalue weighted by atomic mass is 19.1. The molecule has 1 aliphatic rings. The van der Waals surface area contributed by atoms with Gasteiger partial charge in [-0.2, -0.15) is 5.26 Å². The van der Waals surface area contributed by atoms with Gasteiger partial charge in [0.1, 0.15) is 11.9 Å². The lowest BCUT2D eigenvalue weighted by atomic mass is 10.0. The lowest BCUT2D eigenvalue weighted by Crippen LogP contribution is -2.39. The summed E-state index contributed by atoms with van der Waals surface area (Å²) in [6.45, 7) is 8.49. The van der Waals surface area contributed by atoms with E-state index < -0.39 is 0 Å². The van der Waals surface area contributed by atoms with Gasteiger partial charge >= 0.3 is 0 Å². The zero-order chi connectivity index (χ0) is 17.1. The molecule has 124 valence electrons. The van der Waals surface area contributed by atoms with E-state index in [0.29, 0.717) is 16.6 Å². The van der Waals surface area contributed by atoms with Gasteiger partial charge in [-0.25, -0.2) is 4.39 Å². The normalized spacial score (nSPS) is 16.0. The third kappa shape index (κ3) is 3.24. The van der Waals surface area contributed by atoms with Gasteiger partial charge in [-0.3, -0.25) is 9.88 Å². The van der Waals surface area contributed by atoms with Crippen LogP contribution in [0.5, 0.6) is 0 Å². The van der Waals surface area contributed by atoms with Crippen LogP contribution in [0.3, 0.4) is 0 Å². The summed E-state index contributed by atoms with van der Waals surface area (Å²) < 4.78 is 13.9. The Hall–Kier alpha value is -2.45. The average Bonchev–Trinajstić information content (AvgIpc) is 2.57. The molecule has 0 unspecified atom stereocenters. The second-order valence-corrected chi connectivity index (χ2v) is 6.29. The molecular weight excluding hydrogens is 303 g/mol. The minimum atomic E-state index is -0.305. The number of aryl methyl sites for hydroxylation is 1. The van der Waals surface area contributed by atoms with Gasteiger partial charge in [-0.15, -0.1) is 6.58 Å². The first-order valence-corrected chi connectivity index (χ1v) is 8.21. The van der Waals surface area contributed by atoms with E-state index in [-0.39, 0.29) is 11.9 Å². The van der Waals surface area contributed by atoms with Crippen molar-refractivity contribution >= 4 is 16.6 Å². The summed E-state index contributed by atoms with van der Waals surface area (Å²) in [5, 5.41) is 13.6. The fourth-order valence-corrected chi connectivity index (χ4v) is 3.32. The van der Waals surface area contributed by atoms with Crippen LogP contribution in [0.2, 0.25) is 0 Å². The summed E-state index contributed by atoms with van der Waals surface area (Å²) in [5.74, 6) is -0.305. The van der Waals surface area contributed by atoms with Gasteiger partial charge in [0, 0.05) is 37.3 Å². The number of hydrogen-bond acceptors (Lipinski definition) is 4. The number of benzene rings is 1. The van der Waals surface area contributed by atoms with Crippen LogP contribution >= 0.6 is 0 Å². The highest BCUT2D eigenvalue weighted by Gasteiger charge is 2.21. The Morgan fingerprint density at radius 3 is 2.88 bits per heavy atom. The molecule has 0 aliphatic carbocycles. The number of rotatable bonds is 4. The number of nitrogens with zero attached hydrogens (tertiary/aromatic N) is 3. The quantitative estimate of drug-likeness (QED) is 0.873. The largest absolute Gasteiger partial charge is 0.381 e. The maximum atomic E-state index is 13.9. The van der Waals surface area contributed by atoms with Crippen LogP contribution in [0.1, 0.15) is 24.0 Å². The number of halogens is 1. The molecule has 2 aromatic rings. The molecule has 1 aromatic heterocycles. The van der Waals surface area contributed by atoms with Gasteiger partial charge in [-0.05, 0) is 37.5 Å². The first-order valence-electron chi connectivity index (χ1n) is 8.21. The van der Waals surface area contributed by atoms with E-state index in [1.807, 2.05) is 13.0 Å². The monoisotopic (exact) mass is 324 g/mol. The molecule has 0 radical (unpaired) electrons. The molecule has 0 spiro atoms. The number of aromatic nitrogens is 1. The van der Waals surface area contributed by atoms with Gasteiger partial charge in [-0.1, -0.05) is 6.08 Å². The predicted octanol–water partition coefficient (Wildman–Crippen LogP) is 3.62. The molecule has 1 aromatic carbocycles. The van der Waals surface area contributed by atoms with Gasteiger partial charge in [0.05, 0.1) is 16.8 Å². The Bertz CT molecular complexity index is 801. The SMILES string of the molecule is C=CCN1CCC(Nc2c(C#N)cnc3c(C)cc(F)cc23)CC1. The molecule has 0 saturated carbocycles. The van der Waals surface area contributed by atoms with E-state index in [0.717, 1.165) is 43.6 Å². The summed E-state index contributed by atoms with van der Waals surface area (Å²) in [5.41, 5.74) is 2.67. The van der Waals surface area contributed by atoms with Gasteiger partial charge < -0.3 is 5.32 Å². The standard InChI is InChI=1S/C19H21FN4/c1-3-6-24-7-4-16(5-8-24)23-19-14(11-21)12-22-18-13(2)9-15(20)10-17(18)19/h3,9-10,12,16H,1,4-8H2,2H3,(H,22,23). The van der Waals surface area contributed by atoms with E-state index in [2.05, 4.69) is 27.8 Å². The molecule has 0 bridgehead atoms. The molecule has 0 amide bonds. The molecule has 1 aliphatic heterocycles. The Morgan fingerprint density at radius 2 is 2.21 bits per heavy atom. The third-order valence-corrected chi connectivity index (χ3v) is 4.57. The predicted molar refractivity (Wildman–Crippen MR) is 94.4 cm³/mol. The number of fused-ring (bicyclic) bond motifs is 1. The maximum absolute atomic E-state index is 13.9. The fraction of sp³-hybridized carbons (Fsp3) is 0.368. The Morgan fingerprint density at radius 1 is 1.46 bits per heavy atom. The summed E-state index contributed by atoms with van der Waals surface area (Å²) >= 11 is 0. The van der Waals surface area contributed by atoms with Crippen LogP contribution in [-0.4, -0.2) is 35.6 Å². The number of anilines is 1. The second kappa shape index (κ2) is 6.98. The lowest BCUT2D eigenvalue weighted by Gasteiger charge is -2.32. The number of hydrogen-bond donors (Lipinski definition) is 1. The number of likely N-dealkylation sites (tertiary alicyclic amines) is 1. The zero-order valence-corrected chi connectivity index (χ0v) is 13.8. The summed E-state index contributed by atoms with van der Waals surface area (Å²) in [7, 11) is 0. The van der Waals surface area contributed by atoms with Crippen molar-refractivity contribution in [3.8, 4) is 6.07 Å². The summed E-state index contributed by atoms with van der Waals surface area (Å²) in [6.07, 6.45) is 5.46. The number of piperidine rings is 1. The van der Waals surface area contributed by atoms with Crippen molar-refractivity contribution < 1.29 is 4.39 Å². The molecular formula is C19H21FN4. The third-order valence-electron chi connectivity index (χ3n) is 4.57. The van der Waals surface area contributed by atoms with Crippen LogP contribution < -0.4 is 5.32 Å². The molecule has 4 nitrogen and oxygen atoms in total. The van der Waals surface area contributed by atoms with Gasteiger partial charge in [0.25, 0.3) is 0 Å². The topological polar surface area (TPSA) is 52.0 Å². The van der Waals surface area contributed by atoms with Crippen molar-refractivity contribution in [3.05, 3.63) is 47.9 Å².